The van der Waals surface area contributed by atoms with E-state index >= 15 is 0 Å². The summed E-state index contributed by atoms with van der Waals surface area (Å²) in [5, 5.41) is 4.33. The summed E-state index contributed by atoms with van der Waals surface area (Å²) in [5.41, 5.74) is 3.91. The number of hydrogen-bond donors (Lipinski definition) is 0. The largest absolute Gasteiger partial charge is 0.496 e. The number of nitrogens with zero attached hydrogens (tertiary/aromatic N) is 4. The van der Waals surface area contributed by atoms with Crippen molar-refractivity contribution >= 4 is 11.9 Å². The molecule has 0 aliphatic carbocycles. The molecule has 0 saturated carbocycles. The van der Waals surface area contributed by atoms with E-state index < -0.39 is 17.5 Å². The van der Waals surface area contributed by atoms with Crippen molar-refractivity contribution < 1.29 is 22.7 Å². The van der Waals surface area contributed by atoms with E-state index in [1.165, 1.54) is 6.33 Å². The van der Waals surface area contributed by atoms with Gasteiger partial charge < -0.3 is 14.5 Å². The van der Waals surface area contributed by atoms with Crippen LogP contribution in [0.2, 0.25) is 0 Å². The number of hydrogen-bond acceptors (Lipinski definition) is 6. The van der Waals surface area contributed by atoms with Crippen LogP contribution in [0.15, 0.2) is 59.8 Å². The highest BCUT2D eigenvalue weighted by Crippen LogP contribution is 2.36. The summed E-state index contributed by atoms with van der Waals surface area (Å²) in [5.74, 6) is -2.58. The zero-order chi connectivity index (χ0) is 24.4. The second-order valence-corrected chi connectivity index (χ2v) is 8.40. The highest BCUT2D eigenvalue weighted by Gasteiger charge is 2.32. The highest BCUT2D eigenvalue weighted by molar-refractivity contribution is 6.02. The summed E-state index contributed by atoms with van der Waals surface area (Å²) in [7, 11) is 1.61. The minimum atomic E-state index is -1.47. The predicted octanol–water partition coefficient (Wildman–Crippen LogP) is 5.52. The van der Waals surface area contributed by atoms with Crippen molar-refractivity contribution in [1.29, 1.82) is 0 Å². The molecule has 1 fully saturated rings. The van der Waals surface area contributed by atoms with Crippen LogP contribution in [0.25, 0.3) is 17.2 Å². The van der Waals surface area contributed by atoms with Gasteiger partial charge in [0, 0.05) is 36.5 Å². The minimum Gasteiger partial charge on any atom is -0.496 e. The van der Waals surface area contributed by atoms with Gasteiger partial charge in [-0.05, 0) is 59.9 Å². The molecule has 6 nitrogen and oxygen atoms in total. The summed E-state index contributed by atoms with van der Waals surface area (Å²) < 4.78 is 47.1. The molecule has 0 bridgehead atoms. The summed E-state index contributed by atoms with van der Waals surface area (Å²) in [6, 6.07) is 7.57. The lowest BCUT2D eigenvalue weighted by Gasteiger charge is -2.36. The van der Waals surface area contributed by atoms with E-state index in [4.69, 9.17) is 9.57 Å². The molecular weight excluding hydrogens is 457 g/mol. The number of aromatic nitrogens is 2. The molecule has 9 heteroatoms. The first-order valence-corrected chi connectivity index (χ1v) is 11.3. The van der Waals surface area contributed by atoms with Crippen molar-refractivity contribution in [3.05, 3.63) is 83.2 Å². The van der Waals surface area contributed by atoms with Gasteiger partial charge in [0.05, 0.1) is 13.2 Å². The van der Waals surface area contributed by atoms with E-state index in [1.54, 1.807) is 19.5 Å². The van der Waals surface area contributed by atoms with Crippen LogP contribution >= 0.6 is 0 Å². The Balaban J connectivity index is 1.49. The third kappa shape index (κ3) is 4.58. The van der Waals surface area contributed by atoms with Gasteiger partial charge in [0.15, 0.2) is 23.3 Å². The van der Waals surface area contributed by atoms with E-state index in [1.807, 2.05) is 29.2 Å². The standard InChI is InChI=1S/C26H23F3N4O2/c1-34-24-10-16(4-5-20(24)19-13-30-15-31-14-19)9-17-3-2-7-33-23(6-8-35-32-26(17)33)18-11-21(27)25(29)22(28)12-18/h4-5,9-15,23H,2-3,6-8H2,1H3/b17-9+. The van der Waals surface area contributed by atoms with Gasteiger partial charge in [0.1, 0.15) is 18.7 Å². The van der Waals surface area contributed by atoms with Crippen LogP contribution < -0.4 is 4.74 Å². The maximum absolute atomic E-state index is 14.0. The monoisotopic (exact) mass is 480 g/mol. The second kappa shape index (κ2) is 9.77. The van der Waals surface area contributed by atoms with Crippen molar-refractivity contribution in [2.45, 2.75) is 25.3 Å². The Morgan fingerprint density at radius 1 is 1.09 bits per heavy atom. The van der Waals surface area contributed by atoms with E-state index in [0.717, 1.165) is 47.2 Å². The first-order chi connectivity index (χ1) is 17.0. The lowest BCUT2D eigenvalue weighted by atomic mass is 9.94. The molecule has 35 heavy (non-hydrogen) atoms. The average molecular weight is 480 g/mol. The Morgan fingerprint density at radius 3 is 2.60 bits per heavy atom. The van der Waals surface area contributed by atoms with Crippen LogP contribution in [0.3, 0.4) is 0 Å². The third-order valence-electron chi connectivity index (χ3n) is 6.24. The molecular formula is C26H23F3N4O2. The van der Waals surface area contributed by atoms with Crippen molar-refractivity contribution in [3.8, 4) is 16.9 Å². The molecule has 5 rings (SSSR count). The van der Waals surface area contributed by atoms with Gasteiger partial charge in [0.2, 0.25) is 0 Å². The molecule has 180 valence electrons. The fraction of sp³-hybridized carbons (Fsp3) is 0.269. The molecule has 2 aromatic carbocycles. The van der Waals surface area contributed by atoms with Gasteiger partial charge in [-0.1, -0.05) is 11.2 Å². The van der Waals surface area contributed by atoms with Gasteiger partial charge >= 0.3 is 0 Å². The van der Waals surface area contributed by atoms with Crippen LogP contribution in [-0.4, -0.2) is 41.0 Å². The summed E-state index contributed by atoms with van der Waals surface area (Å²) in [6.45, 7) is 0.918. The Labute approximate surface area is 200 Å². The molecule has 1 atom stereocenters. The molecule has 0 N–H and O–H groups in total. The molecule has 3 heterocycles. The summed E-state index contributed by atoms with van der Waals surface area (Å²) >= 11 is 0. The number of amidine groups is 1. The van der Waals surface area contributed by atoms with Gasteiger partial charge in [-0.25, -0.2) is 23.1 Å². The Kier molecular flexibility index (Phi) is 6.39. The average Bonchev–Trinajstić information content (AvgIpc) is 3.11. The lowest BCUT2D eigenvalue weighted by Crippen LogP contribution is -2.39. The van der Waals surface area contributed by atoms with E-state index in [9.17, 15) is 13.2 Å². The molecule has 1 aromatic heterocycles. The number of ether oxygens (including phenoxy) is 1. The summed E-state index contributed by atoms with van der Waals surface area (Å²) in [4.78, 5) is 15.6. The Hall–Kier alpha value is -3.88. The van der Waals surface area contributed by atoms with Crippen molar-refractivity contribution in [3.63, 3.8) is 0 Å². The van der Waals surface area contributed by atoms with Gasteiger partial charge in [0.25, 0.3) is 0 Å². The van der Waals surface area contributed by atoms with Crippen LogP contribution in [0.4, 0.5) is 13.2 Å². The lowest BCUT2D eigenvalue weighted by molar-refractivity contribution is 0.140. The fourth-order valence-corrected chi connectivity index (χ4v) is 4.61. The summed E-state index contributed by atoms with van der Waals surface area (Å²) in [6.07, 6.45) is 8.98. The van der Waals surface area contributed by atoms with E-state index in [0.29, 0.717) is 30.1 Å². The van der Waals surface area contributed by atoms with Crippen LogP contribution in [0, 0.1) is 17.5 Å². The number of fused-ring (bicyclic) bond motifs is 1. The molecule has 1 unspecified atom stereocenters. The highest BCUT2D eigenvalue weighted by atomic mass is 19.2. The fourth-order valence-electron chi connectivity index (χ4n) is 4.61. The molecule has 1 saturated heterocycles. The first kappa shape index (κ1) is 22.9. The Morgan fingerprint density at radius 2 is 1.86 bits per heavy atom. The Bertz CT molecular complexity index is 1270. The first-order valence-electron chi connectivity index (χ1n) is 11.3. The maximum Gasteiger partial charge on any atom is 0.194 e. The van der Waals surface area contributed by atoms with Crippen LogP contribution in [-0.2, 0) is 4.84 Å². The zero-order valence-electron chi connectivity index (χ0n) is 19.0. The van der Waals surface area contributed by atoms with E-state index in [-0.39, 0.29) is 12.6 Å². The van der Waals surface area contributed by atoms with Crippen molar-refractivity contribution in [1.82, 2.24) is 14.9 Å². The van der Waals surface area contributed by atoms with Crippen LogP contribution in [0.5, 0.6) is 5.75 Å². The van der Waals surface area contributed by atoms with Crippen LogP contribution in [0.1, 0.15) is 36.4 Å². The molecule has 0 spiro atoms. The normalized spacial score (nSPS) is 19.0. The van der Waals surface area contributed by atoms with Gasteiger partial charge in [-0.15, -0.1) is 0 Å². The molecule has 2 aliphatic rings. The maximum atomic E-state index is 14.0. The molecule has 3 aromatic rings. The van der Waals surface area contributed by atoms with Crippen molar-refractivity contribution in [2.75, 3.05) is 20.3 Å². The third-order valence-corrected chi connectivity index (χ3v) is 6.24. The molecule has 0 radical (unpaired) electrons. The number of benzene rings is 2. The number of oxime groups is 1. The predicted molar refractivity (Wildman–Crippen MR) is 125 cm³/mol. The smallest absolute Gasteiger partial charge is 0.194 e. The second-order valence-electron chi connectivity index (χ2n) is 8.40. The number of halogens is 3. The SMILES string of the molecule is COc1cc(/C=C2\CCCN3C2=NOCCC3c2cc(F)c(F)c(F)c2)ccc1-c1cncnc1. The topological polar surface area (TPSA) is 59.8 Å². The number of methoxy groups -OCH3 is 1. The zero-order valence-corrected chi connectivity index (χ0v) is 19.0. The van der Waals surface area contributed by atoms with Gasteiger partial charge in [-0.2, -0.15) is 0 Å². The van der Waals surface area contributed by atoms with Crippen molar-refractivity contribution in [2.24, 2.45) is 5.16 Å². The quantitative estimate of drug-likeness (QED) is 0.460. The van der Waals surface area contributed by atoms with E-state index in [2.05, 4.69) is 15.1 Å². The number of rotatable bonds is 4. The molecule has 2 aliphatic heterocycles. The van der Waals surface area contributed by atoms with Gasteiger partial charge in [-0.3, -0.25) is 0 Å². The number of piperidine rings is 1. The molecule has 0 amide bonds. The minimum absolute atomic E-state index is 0.278.